The first-order valence-corrected chi connectivity index (χ1v) is 6.64. The zero-order chi connectivity index (χ0) is 13.9. The summed E-state index contributed by atoms with van der Waals surface area (Å²) in [5.41, 5.74) is 2.30. The van der Waals surface area contributed by atoms with Crippen molar-refractivity contribution in [3.05, 3.63) is 65.7 Å². The molecule has 0 bridgehead atoms. The molecule has 98 valence electrons. The number of rotatable bonds is 3. The van der Waals surface area contributed by atoms with Gasteiger partial charge in [0, 0.05) is 5.92 Å². The fourth-order valence-corrected chi connectivity index (χ4v) is 2.47. The fraction of sp³-hybridized carbons (Fsp3) is 0.176. The van der Waals surface area contributed by atoms with Crippen LogP contribution in [0, 0.1) is 17.2 Å². The molecular formula is C17H14N2O. The van der Waals surface area contributed by atoms with E-state index in [0.717, 1.165) is 6.42 Å². The van der Waals surface area contributed by atoms with Gasteiger partial charge in [-0.25, -0.2) is 0 Å². The van der Waals surface area contributed by atoms with Crippen LogP contribution >= 0.6 is 0 Å². The van der Waals surface area contributed by atoms with Crippen LogP contribution in [0.3, 0.4) is 0 Å². The summed E-state index contributed by atoms with van der Waals surface area (Å²) in [6.07, 6.45) is 0.880. The lowest BCUT2D eigenvalue weighted by atomic mass is 10.1. The Morgan fingerprint density at radius 3 is 2.55 bits per heavy atom. The van der Waals surface area contributed by atoms with E-state index in [1.165, 1.54) is 5.56 Å². The van der Waals surface area contributed by atoms with E-state index in [0.29, 0.717) is 17.2 Å². The summed E-state index contributed by atoms with van der Waals surface area (Å²) >= 11 is 0. The second-order valence-electron chi connectivity index (χ2n) is 5.01. The Labute approximate surface area is 117 Å². The van der Waals surface area contributed by atoms with Crippen LogP contribution in [0.4, 0.5) is 5.69 Å². The zero-order valence-corrected chi connectivity index (χ0v) is 10.9. The molecule has 2 aromatic rings. The van der Waals surface area contributed by atoms with Gasteiger partial charge in [0.1, 0.15) is 6.07 Å². The van der Waals surface area contributed by atoms with Crippen LogP contribution < -0.4 is 5.32 Å². The van der Waals surface area contributed by atoms with Gasteiger partial charge in [-0.2, -0.15) is 5.26 Å². The van der Waals surface area contributed by atoms with Crippen LogP contribution in [0.2, 0.25) is 0 Å². The predicted octanol–water partition coefficient (Wildman–Crippen LogP) is 3.30. The summed E-state index contributed by atoms with van der Waals surface area (Å²) in [6, 6.07) is 19.2. The number of nitrogens with one attached hydrogen (secondary N) is 1. The SMILES string of the molecule is N#Cc1ccccc1NC(=O)[C@@H]1C[C@H]1c1ccccc1. The van der Waals surface area contributed by atoms with Gasteiger partial charge in [-0.15, -0.1) is 0 Å². The molecule has 1 fully saturated rings. The van der Waals surface area contributed by atoms with Crippen molar-refractivity contribution in [3.8, 4) is 6.07 Å². The summed E-state index contributed by atoms with van der Waals surface area (Å²) in [4.78, 5) is 12.2. The summed E-state index contributed by atoms with van der Waals surface area (Å²) in [5.74, 6) is 0.330. The summed E-state index contributed by atoms with van der Waals surface area (Å²) in [6.45, 7) is 0. The van der Waals surface area contributed by atoms with Gasteiger partial charge in [0.25, 0.3) is 0 Å². The summed E-state index contributed by atoms with van der Waals surface area (Å²) in [7, 11) is 0. The first-order valence-electron chi connectivity index (χ1n) is 6.64. The van der Waals surface area contributed by atoms with Crippen molar-refractivity contribution >= 4 is 11.6 Å². The number of benzene rings is 2. The van der Waals surface area contributed by atoms with E-state index in [-0.39, 0.29) is 11.8 Å². The number of carbonyl (C=O) groups excluding carboxylic acids is 1. The summed E-state index contributed by atoms with van der Waals surface area (Å²) < 4.78 is 0. The number of para-hydroxylation sites is 1. The molecule has 2 aromatic carbocycles. The number of anilines is 1. The van der Waals surface area contributed by atoms with Crippen LogP contribution in [0.5, 0.6) is 0 Å². The van der Waals surface area contributed by atoms with Gasteiger partial charge in [-0.3, -0.25) is 4.79 Å². The molecule has 0 aliphatic heterocycles. The largest absolute Gasteiger partial charge is 0.325 e. The van der Waals surface area contributed by atoms with Crippen molar-refractivity contribution in [3.63, 3.8) is 0 Å². The highest BCUT2D eigenvalue weighted by Crippen LogP contribution is 2.47. The first kappa shape index (κ1) is 12.4. The molecule has 0 unspecified atom stereocenters. The monoisotopic (exact) mass is 262 g/mol. The molecule has 0 spiro atoms. The fourth-order valence-electron chi connectivity index (χ4n) is 2.47. The van der Waals surface area contributed by atoms with E-state index >= 15 is 0 Å². The van der Waals surface area contributed by atoms with E-state index in [1.54, 1.807) is 18.2 Å². The minimum absolute atomic E-state index is 0.00144. The lowest BCUT2D eigenvalue weighted by molar-refractivity contribution is -0.117. The van der Waals surface area contributed by atoms with E-state index in [4.69, 9.17) is 5.26 Å². The number of hydrogen-bond acceptors (Lipinski definition) is 2. The van der Waals surface area contributed by atoms with Crippen molar-refractivity contribution in [1.82, 2.24) is 0 Å². The molecule has 0 aromatic heterocycles. The number of carbonyl (C=O) groups is 1. The standard InChI is InChI=1S/C17H14N2O/c18-11-13-8-4-5-9-16(13)19-17(20)15-10-14(15)12-6-2-1-3-7-12/h1-9,14-15H,10H2,(H,19,20)/t14-,15+/m0/s1. The maximum atomic E-state index is 12.2. The molecule has 0 saturated heterocycles. The third-order valence-electron chi connectivity index (χ3n) is 3.66. The molecule has 0 heterocycles. The molecule has 1 amide bonds. The Balaban J connectivity index is 1.69. The average molecular weight is 262 g/mol. The molecule has 0 radical (unpaired) electrons. The Hall–Kier alpha value is -2.60. The number of nitriles is 1. The molecule has 1 N–H and O–H groups in total. The molecule has 1 saturated carbocycles. The van der Waals surface area contributed by atoms with E-state index in [1.807, 2.05) is 24.3 Å². The van der Waals surface area contributed by atoms with Gasteiger partial charge >= 0.3 is 0 Å². The third kappa shape index (κ3) is 2.41. The summed E-state index contributed by atoms with van der Waals surface area (Å²) in [5, 5.41) is 11.9. The number of hydrogen-bond donors (Lipinski definition) is 1. The lowest BCUT2D eigenvalue weighted by Crippen LogP contribution is -2.15. The second-order valence-corrected chi connectivity index (χ2v) is 5.01. The Morgan fingerprint density at radius 2 is 1.80 bits per heavy atom. The second kappa shape index (κ2) is 5.18. The minimum atomic E-state index is 0.00144. The van der Waals surface area contributed by atoms with Crippen molar-refractivity contribution in [2.24, 2.45) is 5.92 Å². The Kier molecular flexibility index (Phi) is 3.22. The van der Waals surface area contributed by atoms with E-state index in [9.17, 15) is 4.79 Å². The van der Waals surface area contributed by atoms with Gasteiger partial charge in [-0.1, -0.05) is 42.5 Å². The van der Waals surface area contributed by atoms with Crippen molar-refractivity contribution in [1.29, 1.82) is 5.26 Å². The molecule has 3 rings (SSSR count). The lowest BCUT2D eigenvalue weighted by Gasteiger charge is -2.06. The Bertz CT molecular complexity index is 673. The normalized spacial score (nSPS) is 19.9. The number of nitrogens with zero attached hydrogens (tertiary/aromatic N) is 1. The molecule has 20 heavy (non-hydrogen) atoms. The van der Waals surface area contributed by atoms with Gasteiger partial charge in [-0.05, 0) is 30.0 Å². The first-order chi connectivity index (χ1) is 9.79. The molecular weight excluding hydrogens is 248 g/mol. The topological polar surface area (TPSA) is 52.9 Å². The van der Waals surface area contributed by atoms with Gasteiger partial charge in [0.05, 0.1) is 11.3 Å². The maximum Gasteiger partial charge on any atom is 0.228 e. The van der Waals surface area contributed by atoms with Crippen LogP contribution in [0.25, 0.3) is 0 Å². The molecule has 3 heteroatoms. The smallest absolute Gasteiger partial charge is 0.228 e. The van der Waals surface area contributed by atoms with Crippen LogP contribution in [-0.2, 0) is 4.79 Å². The van der Waals surface area contributed by atoms with Crippen LogP contribution in [0.1, 0.15) is 23.5 Å². The van der Waals surface area contributed by atoms with Crippen molar-refractivity contribution in [2.75, 3.05) is 5.32 Å². The molecule has 1 aliphatic carbocycles. The highest BCUT2D eigenvalue weighted by atomic mass is 16.2. The Morgan fingerprint density at radius 1 is 1.10 bits per heavy atom. The highest BCUT2D eigenvalue weighted by Gasteiger charge is 2.43. The van der Waals surface area contributed by atoms with E-state index < -0.39 is 0 Å². The van der Waals surface area contributed by atoms with Gasteiger partial charge < -0.3 is 5.32 Å². The molecule has 2 atom stereocenters. The molecule has 3 nitrogen and oxygen atoms in total. The van der Waals surface area contributed by atoms with E-state index in [2.05, 4.69) is 23.5 Å². The van der Waals surface area contributed by atoms with Gasteiger partial charge in [0.15, 0.2) is 0 Å². The quantitative estimate of drug-likeness (QED) is 0.922. The minimum Gasteiger partial charge on any atom is -0.325 e. The maximum absolute atomic E-state index is 12.2. The van der Waals surface area contributed by atoms with Crippen molar-refractivity contribution < 1.29 is 4.79 Å². The third-order valence-corrected chi connectivity index (χ3v) is 3.66. The van der Waals surface area contributed by atoms with Crippen LogP contribution in [0.15, 0.2) is 54.6 Å². The molecule has 1 aliphatic rings. The van der Waals surface area contributed by atoms with Crippen LogP contribution in [-0.4, -0.2) is 5.91 Å². The predicted molar refractivity (Wildman–Crippen MR) is 77.1 cm³/mol. The van der Waals surface area contributed by atoms with Gasteiger partial charge in [0.2, 0.25) is 5.91 Å². The average Bonchev–Trinajstić information content (AvgIpc) is 3.29. The zero-order valence-electron chi connectivity index (χ0n) is 10.9. The van der Waals surface area contributed by atoms with Crippen molar-refractivity contribution in [2.45, 2.75) is 12.3 Å². The number of amides is 1. The highest BCUT2D eigenvalue weighted by molar-refractivity contribution is 5.96.